The van der Waals surface area contributed by atoms with Crippen LogP contribution in [0.15, 0.2) is 59.6 Å². The van der Waals surface area contributed by atoms with Crippen LogP contribution in [-0.4, -0.2) is 35.9 Å². The Kier molecular flexibility index (Phi) is 6.58. The maximum Gasteiger partial charge on any atom is 0.242 e. The summed E-state index contributed by atoms with van der Waals surface area (Å²) >= 11 is 6.18. The quantitative estimate of drug-likeness (QED) is 0.517. The third-order valence-electron chi connectivity index (χ3n) is 5.10. The van der Waals surface area contributed by atoms with Crippen molar-refractivity contribution in [1.82, 2.24) is 9.47 Å². The molecule has 30 heavy (non-hydrogen) atoms. The first kappa shape index (κ1) is 22.4. The molecule has 1 heterocycles. The van der Waals surface area contributed by atoms with Crippen molar-refractivity contribution in [2.24, 2.45) is 0 Å². The molecule has 1 aromatic heterocycles. The first-order chi connectivity index (χ1) is 14.1. The summed E-state index contributed by atoms with van der Waals surface area (Å²) in [6.07, 6.45) is 1.58. The van der Waals surface area contributed by atoms with Gasteiger partial charge in [0.2, 0.25) is 5.91 Å². The van der Waals surface area contributed by atoms with E-state index in [1.807, 2.05) is 44.7 Å². The zero-order chi connectivity index (χ0) is 22.1. The average Bonchev–Trinajstić information content (AvgIpc) is 3.02. The van der Waals surface area contributed by atoms with E-state index in [1.165, 1.54) is 0 Å². The van der Waals surface area contributed by atoms with Crippen molar-refractivity contribution in [1.29, 1.82) is 0 Å². The summed E-state index contributed by atoms with van der Waals surface area (Å²) in [5.41, 5.74) is 1.27. The first-order valence-electron chi connectivity index (χ1n) is 9.97. The predicted octanol–water partition coefficient (Wildman–Crippen LogP) is 4.91. The van der Waals surface area contributed by atoms with Crippen LogP contribution in [0.2, 0.25) is 5.02 Å². The van der Waals surface area contributed by atoms with E-state index in [-0.39, 0.29) is 35.2 Å². The normalized spacial score (nSPS) is 12.1. The second-order valence-corrected chi connectivity index (χ2v) is 10.3. The lowest BCUT2D eigenvalue weighted by Crippen LogP contribution is -2.43. The lowest BCUT2D eigenvalue weighted by Gasteiger charge is -2.31. The largest absolute Gasteiger partial charge is 0.337 e. The number of aromatic nitrogens is 1. The molecule has 2 aromatic carbocycles. The maximum absolute atomic E-state index is 13.2. The summed E-state index contributed by atoms with van der Waals surface area (Å²) in [7, 11) is -3.66. The molecule has 0 aliphatic carbocycles. The summed E-state index contributed by atoms with van der Waals surface area (Å²) in [5.74, 6) is -0.241. The van der Waals surface area contributed by atoms with Crippen molar-refractivity contribution >= 4 is 38.2 Å². The average molecular weight is 447 g/mol. The number of carbonyl (C=O) groups is 1. The molecule has 5 nitrogen and oxygen atoms in total. The summed E-state index contributed by atoms with van der Waals surface area (Å²) < 4.78 is 28.2. The molecule has 160 valence electrons. The van der Waals surface area contributed by atoms with Gasteiger partial charge in [-0.3, -0.25) is 4.79 Å². The molecule has 0 saturated carbocycles. The number of sulfone groups is 1. The van der Waals surface area contributed by atoms with Crippen molar-refractivity contribution < 1.29 is 13.2 Å². The minimum atomic E-state index is -3.66. The van der Waals surface area contributed by atoms with Crippen LogP contribution in [0.25, 0.3) is 10.9 Å². The molecule has 0 radical (unpaired) electrons. The Bertz CT molecular complexity index is 1160. The zero-order valence-electron chi connectivity index (χ0n) is 17.7. The third-order valence-corrected chi connectivity index (χ3v) is 7.15. The number of fused-ring (bicyclic) bond motifs is 1. The van der Waals surface area contributed by atoms with Gasteiger partial charge in [0, 0.05) is 34.2 Å². The van der Waals surface area contributed by atoms with E-state index in [4.69, 9.17) is 11.6 Å². The van der Waals surface area contributed by atoms with Gasteiger partial charge in [-0.2, -0.15) is 0 Å². The molecule has 0 aliphatic heterocycles. The van der Waals surface area contributed by atoms with Gasteiger partial charge in [0.05, 0.1) is 10.6 Å². The second kappa shape index (κ2) is 8.82. The number of amides is 1. The van der Waals surface area contributed by atoms with E-state index in [0.29, 0.717) is 16.0 Å². The Morgan fingerprint density at radius 3 is 2.23 bits per heavy atom. The molecule has 7 heteroatoms. The number of benzene rings is 2. The Morgan fingerprint density at radius 2 is 1.60 bits per heavy atom. The Balaban J connectivity index is 2.02. The van der Waals surface area contributed by atoms with Crippen LogP contribution in [-0.2, 0) is 26.9 Å². The zero-order valence-corrected chi connectivity index (χ0v) is 19.2. The monoisotopic (exact) mass is 446 g/mol. The fourth-order valence-electron chi connectivity index (χ4n) is 3.89. The second-order valence-electron chi connectivity index (χ2n) is 7.98. The van der Waals surface area contributed by atoms with Crippen molar-refractivity contribution in [3.8, 4) is 0 Å². The molecule has 1 amide bonds. The minimum absolute atomic E-state index is 0.0456. The molecule has 0 spiro atoms. The number of hydrogen-bond acceptors (Lipinski definition) is 3. The lowest BCUT2D eigenvalue weighted by atomic mass is 10.2. The lowest BCUT2D eigenvalue weighted by molar-refractivity contribution is -0.135. The molecule has 3 aromatic rings. The predicted molar refractivity (Wildman–Crippen MR) is 121 cm³/mol. The van der Waals surface area contributed by atoms with Crippen LogP contribution in [0.1, 0.15) is 33.3 Å². The van der Waals surface area contributed by atoms with E-state index in [0.717, 1.165) is 5.52 Å². The van der Waals surface area contributed by atoms with Crippen LogP contribution >= 0.6 is 11.6 Å². The van der Waals surface area contributed by atoms with Crippen LogP contribution in [0.4, 0.5) is 0 Å². The number of para-hydroxylation sites is 1. The molecular formula is C23H27ClN2O3S. The molecular weight excluding hydrogens is 420 g/mol. The third kappa shape index (κ3) is 4.55. The molecule has 0 unspecified atom stereocenters. The van der Waals surface area contributed by atoms with Crippen molar-refractivity contribution in [2.45, 2.75) is 57.0 Å². The number of carbonyl (C=O) groups excluding carboxylic acids is 1. The van der Waals surface area contributed by atoms with Crippen LogP contribution in [0, 0.1) is 0 Å². The number of rotatable bonds is 7. The van der Waals surface area contributed by atoms with Crippen LogP contribution in [0.3, 0.4) is 0 Å². The van der Waals surface area contributed by atoms with Crippen molar-refractivity contribution in [3.05, 3.63) is 65.3 Å². The van der Waals surface area contributed by atoms with Gasteiger partial charge in [-0.15, -0.1) is 0 Å². The Labute approximate surface area is 183 Å². The molecule has 0 bridgehead atoms. The molecule has 0 atom stereocenters. The van der Waals surface area contributed by atoms with Gasteiger partial charge in [-0.25, -0.2) is 8.42 Å². The SMILES string of the molecule is CC(C)N(C(=O)Cn1cc(S(=O)(=O)Cc2ccccc2Cl)c2ccccc21)C(C)C. The van der Waals surface area contributed by atoms with Crippen molar-refractivity contribution in [2.75, 3.05) is 0 Å². The molecule has 0 saturated heterocycles. The van der Waals surface area contributed by atoms with E-state index >= 15 is 0 Å². The Morgan fingerprint density at radius 1 is 1.00 bits per heavy atom. The smallest absolute Gasteiger partial charge is 0.242 e. The van der Waals surface area contributed by atoms with Gasteiger partial charge in [0.1, 0.15) is 6.54 Å². The molecule has 0 aliphatic rings. The molecule has 0 N–H and O–H groups in total. The highest BCUT2D eigenvalue weighted by molar-refractivity contribution is 7.90. The fraction of sp³-hybridized carbons (Fsp3) is 0.348. The summed E-state index contributed by atoms with van der Waals surface area (Å²) in [5, 5.41) is 1.03. The fourth-order valence-corrected chi connectivity index (χ4v) is 5.78. The van der Waals surface area contributed by atoms with E-state index in [1.54, 1.807) is 47.2 Å². The topological polar surface area (TPSA) is 59.4 Å². The first-order valence-corrected chi connectivity index (χ1v) is 12.0. The van der Waals surface area contributed by atoms with Gasteiger partial charge in [0.25, 0.3) is 0 Å². The summed E-state index contributed by atoms with van der Waals surface area (Å²) in [4.78, 5) is 15.0. The Hall–Kier alpha value is -2.31. The highest BCUT2D eigenvalue weighted by atomic mass is 35.5. The highest BCUT2D eigenvalue weighted by Gasteiger charge is 2.25. The number of hydrogen-bond donors (Lipinski definition) is 0. The summed E-state index contributed by atoms with van der Waals surface area (Å²) in [6.45, 7) is 7.99. The van der Waals surface area contributed by atoms with E-state index in [9.17, 15) is 13.2 Å². The number of nitrogens with zero attached hydrogens (tertiary/aromatic N) is 2. The van der Waals surface area contributed by atoms with Crippen LogP contribution in [0.5, 0.6) is 0 Å². The van der Waals surface area contributed by atoms with Gasteiger partial charge < -0.3 is 9.47 Å². The van der Waals surface area contributed by atoms with Gasteiger partial charge in [-0.05, 0) is 45.4 Å². The summed E-state index contributed by atoms with van der Waals surface area (Å²) in [6, 6.07) is 14.3. The number of halogens is 1. The van der Waals surface area contributed by atoms with Gasteiger partial charge in [-0.1, -0.05) is 48.0 Å². The van der Waals surface area contributed by atoms with Crippen LogP contribution < -0.4 is 0 Å². The molecule has 0 fully saturated rings. The highest BCUT2D eigenvalue weighted by Crippen LogP contribution is 2.29. The molecule has 3 rings (SSSR count). The maximum atomic E-state index is 13.2. The van der Waals surface area contributed by atoms with Gasteiger partial charge >= 0.3 is 0 Å². The van der Waals surface area contributed by atoms with E-state index in [2.05, 4.69) is 0 Å². The minimum Gasteiger partial charge on any atom is -0.337 e. The van der Waals surface area contributed by atoms with Gasteiger partial charge in [0.15, 0.2) is 9.84 Å². The standard InChI is InChI=1S/C23H27ClN2O3S/c1-16(2)26(17(3)4)23(27)14-25-13-22(19-10-6-8-12-21(19)25)30(28,29)15-18-9-5-7-11-20(18)24/h5-13,16-17H,14-15H2,1-4H3. The van der Waals surface area contributed by atoms with E-state index < -0.39 is 9.84 Å². The van der Waals surface area contributed by atoms with Crippen molar-refractivity contribution in [3.63, 3.8) is 0 Å².